The number of likely N-dealkylation sites (N-methyl/N-ethyl adjacent to an activating group) is 1. The van der Waals surface area contributed by atoms with Crippen molar-refractivity contribution >= 4 is 18.2 Å². The molecule has 1 aliphatic heterocycles. The van der Waals surface area contributed by atoms with E-state index in [1.807, 2.05) is 0 Å². The van der Waals surface area contributed by atoms with Crippen molar-refractivity contribution in [2.75, 3.05) is 7.05 Å². The zero-order valence-electron chi connectivity index (χ0n) is 15.0. The fourth-order valence-electron chi connectivity index (χ4n) is 2.88. The fourth-order valence-corrected chi connectivity index (χ4v) is 2.88. The highest BCUT2D eigenvalue weighted by atomic mass is 16.5. The van der Waals surface area contributed by atoms with E-state index in [1.54, 1.807) is 0 Å². The number of hydrogen-bond donors (Lipinski definition) is 2. The maximum Gasteiger partial charge on any atom is 0.248 e. The van der Waals surface area contributed by atoms with Crippen molar-refractivity contribution in [1.29, 1.82) is 0 Å². The van der Waals surface area contributed by atoms with Crippen LogP contribution in [0.3, 0.4) is 0 Å². The molecular formula is C17H29N3O4. The highest BCUT2D eigenvalue weighted by molar-refractivity contribution is 5.98. The second-order valence-electron chi connectivity index (χ2n) is 6.38. The summed E-state index contributed by atoms with van der Waals surface area (Å²) < 4.78 is 6.02. The van der Waals surface area contributed by atoms with Gasteiger partial charge in [-0.05, 0) is 24.7 Å². The molecule has 1 rings (SSSR count). The minimum atomic E-state index is -0.633. The Kier molecular flexibility index (Phi) is 7.91. The quantitative estimate of drug-likeness (QED) is 0.486. The molecule has 0 spiro atoms. The molecule has 0 radical (unpaired) electrons. The Hall–Kier alpha value is -1.89. The minimum Gasteiger partial charge on any atom is -0.369 e. The molecule has 0 aliphatic carbocycles. The van der Waals surface area contributed by atoms with E-state index in [1.165, 1.54) is 18.1 Å². The summed E-state index contributed by atoms with van der Waals surface area (Å²) in [5.74, 6) is -0.152. The van der Waals surface area contributed by atoms with Gasteiger partial charge in [-0.15, -0.1) is 0 Å². The van der Waals surface area contributed by atoms with Crippen molar-refractivity contribution in [3.63, 3.8) is 0 Å². The Morgan fingerprint density at radius 2 is 2.04 bits per heavy atom. The lowest BCUT2D eigenvalue weighted by Gasteiger charge is -2.27. The predicted octanol–water partition coefficient (Wildman–Crippen LogP) is 1.14. The van der Waals surface area contributed by atoms with Crippen molar-refractivity contribution in [3.8, 4) is 0 Å². The Bertz CT molecular complexity index is 492. The first-order chi connectivity index (χ1) is 11.3. The number of primary amides is 1. The zero-order valence-corrected chi connectivity index (χ0v) is 15.0. The maximum atomic E-state index is 11.8. The monoisotopic (exact) mass is 339 g/mol. The van der Waals surface area contributed by atoms with Gasteiger partial charge in [0, 0.05) is 18.8 Å². The largest absolute Gasteiger partial charge is 0.369 e. The molecule has 4 atom stereocenters. The van der Waals surface area contributed by atoms with Gasteiger partial charge < -0.3 is 15.8 Å². The summed E-state index contributed by atoms with van der Waals surface area (Å²) in [6.07, 6.45) is 4.03. The van der Waals surface area contributed by atoms with E-state index in [0.29, 0.717) is 24.7 Å². The van der Waals surface area contributed by atoms with E-state index in [4.69, 9.17) is 10.5 Å². The average molecular weight is 339 g/mol. The molecule has 1 fully saturated rings. The topological polar surface area (TPSA) is 102 Å². The van der Waals surface area contributed by atoms with Gasteiger partial charge in [-0.1, -0.05) is 27.2 Å². The van der Waals surface area contributed by atoms with Crippen LogP contribution in [-0.2, 0) is 19.1 Å². The molecule has 1 aliphatic rings. The third-order valence-corrected chi connectivity index (χ3v) is 4.80. The standard InChI is InChI=1S/C17H29N3O4/c1-5-11(2)12(3)14-6-7-16(24-14)20(10-21)9-13(8-15(18)22)17(23)19-4/h9-12,14,16H,5-8H2,1-4H3,(H2,18,22)(H,19,23)/b13-9-. The molecule has 4 unspecified atom stereocenters. The number of rotatable bonds is 9. The number of amides is 3. The lowest BCUT2D eigenvalue weighted by atomic mass is 9.88. The molecule has 0 aromatic carbocycles. The Morgan fingerprint density at radius 3 is 2.54 bits per heavy atom. The normalized spacial score (nSPS) is 23.4. The average Bonchev–Trinajstić information content (AvgIpc) is 3.05. The first-order valence-electron chi connectivity index (χ1n) is 8.43. The van der Waals surface area contributed by atoms with E-state index in [0.717, 1.165) is 12.8 Å². The number of carbonyl (C=O) groups is 3. The van der Waals surface area contributed by atoms with E-state index in [-0.39, 0.29) is 18.1 Å². The van der Waals surface area contributed by atoms with Gasteiger partial charge in [-0.3, -0.25) is 19.3 Å². The summed E-state index contributed by atoms with van der Waals surface area (Å²) in [4.78, 5) is 35.7. The van der Waals surface area contributed by atoms with E-state index >= 15 is 0 Å². The Morgan fingerprint density at radius 1 is 1.38 bits per heavy atom. The molecule has 7 heteroatoms. The van der Waals surface area contributed by atoms with Gasteiger partial charge >= 0.3 is 0 Å². The lowest BCUT2D eigenvalue weighted by Crippen LogP contribution is -2.34. The molecule has 0 bridgehead atoms. The number of hydrogen-bond acceptors (Lipinski definition) is 4. The van der Waals surface area contributed by atoms with Crippen molar-refractivity contribution in [1.82, 2.24) is 10.2 Å². The van der Waals surface area contributed by atoms with Crippen molar-refractivity contribution in [2.45, 2.75) is 58.8 Å². The molecule has 3 N–H and O–H groups in total. The maximum absolute atomic E-state index is 11.8. The molecule has 1 heterocycles. The highest BCUT2D eigenvalue weighted by Gasteiger charge is 2.34. The number of ether oxygens (including phenoxy) is 1. The van der Waals surface area contributed by atoms with Crippen LogP contribution in [-0.4, -0.2) is 42.5 Å². The lowest BCUT2D eigenvalue weighted by molar-refractivity contribution is -0.128. The summed E-state index contributed by atoms with van der Waals surface area (Å²) in [7, 11) is 1.46. The molecular weight excluding hydrogens is 310 g/mol. The first-order valence-corrected chi connectivity index (χ1v) is 8.43. The molecule has 0 saturated carbocycles. The Balaban J connectivity index is 2.85. The second-order valence-corrected chi connectivity index (χ2v) is 6.38. The van der Waals surface area contributed by atoms with Crippen molar-refractivity contribution < 1.29 is 19.1 Å². The molecule has 1 saturated heterocycles. The molecule has 3 amide bonds. The second kappa shape index (κ2) is 9.42. The zero-order chi connectivity index (χ0) is 18.3. The van der Waals surface area contributed by atoms with Gasteiger partial charge in [-0.25, -0.2) is 0 Å². The smallest absolute Gasteiger partial charge is 0.248 e. The van der Waals surface area contributed by atoms with Crippen LogP contribution in [0.1, 0.15) is 46.5 Å². The third-order valence-electron chi connectivity index (χ3n) is 4.80. The third kappa shape index (κ3) is 5.33. The number of nitrogens with one attached hydrogen (secondary N) is 1. The van der Waals surface area contributed by atoms with E-state index < -0.39 is 18.0 Å². The van der Waals surface area contributed by atoms with Gasteiger partial charge in [0.25, 0.3) is 0 Å². The summed E-state index contributed by atoms with van der Waals surface area (Å²) >= 11 is 0. The van der Waals surface area contributed by atoms with Crippen LogP contribution in [0, 0.1) is 11.8 Å². The number of carbonyl (C=O) groups excluding carboxylic acids is 3. The number of nitrogens with zero attached hydrogens (tertiary/aromatic N) is 1. The van der Waals surface area contributed by atoms with Crippen LogP contribution < -0.4 is 11.1 Å². The molecule has 0 aromatic rings. The highest BCUT2D eigenvalue weighted by Crippen LogP contribution is 2.32. The van der Waals surface area contributed by atoms with Crippen LogP contribution in [0.15, 0.2) is 11.8 Å². The van der Waals surface area contributed by atoms with Crippen LogP contribution in [0.2, 0.25) is 0 Å². The summed E-state index contributed by atoms with van der Waals surface area (Å²) in [6.45, 7) is 6.49. The summed E-state index contributed by atoms with van der Waals surface area (Å²) in [5.41, 5.74) is 5.31. The molecule has 24 heavy (non-hydrogen) atoms. The van der Waals surface area contributed by atoms with E-state index in [2.05, 4.69) is 26.1 Å². The van der Waals surface area contributed by atoms with Gasteiger partial charge in [0.05, 0.1) is 12.5 Å². The first kappa shape index (κ1) is 20.2. The summed E-state index contributed by atoms with van der Waals surface area (Å²) in [6, 6.07) is 0. The fraction of sp³-hybridized carbons (Fsp3) is 0.706. The summed E-state index contributed by atoms with van der Waals surface area (Å²) in [5, 5.41) is 2.44. The van der Waals surface area contributed by atoms with E-state index in [9.17, 15) is 14.4 Å². The van der Waals surface area contributed by atoms with Crippen molar-refractivity contribution in [2.24, 2.45) is 17.6 Å². The Labute approximate surface area is 143 Å². The predicted molar refractivity (Wildman–Crippen MR) is 90.4 cm³/mol. The van der Waals surface area contributed by atoms with Gasteiger partial charge in [0.2, 0.25) is 18.2 Å². The number of nitrogens with two attached hydrogens (primary N) is 1. The van der Waals surface area contributed by atoms with Gasteiger partial charge in [0.15, 0.2) is 0 Å². The van der Waals surface area contributed by atoms with Crippen LogP contribution in [0.25, 0.3) is 0 Å². The minimum absolute atomic E-state index is 0.0837. The van der Waals surface area contributed by atoms with Crippen molar-refractivity contribution in [3.05, 3.63) is 11.8 Å². The van der Waals surface area contributed by atoms with Gasteiger partial charge in [-0.2, -0.15) is 0 Å². The van der Waals surface area contributed by atoms with Crippen LogP contribution >= 0.6 is 0 Å². The molecule has 136 valence electrons. The van der Waals surface area contributed by atoms with Crippen LogP contribution in [0.4, 0.5) is 0 Å². The molecule has 0 aromatic heterocycles. The van der Waals surface area contributed by atoms with Gasteiger partial charge in [0.1, 0.15) is 6.23 Å². The molecule has 7 nitrogen and oxygen atoms in total. The van der Waals surface area contributed by atoms with Crippen LogP contribution in [0.5, 0.6) is 0 Å². The SMILES string of the molecule is CCC(C)C(C)C1CCC(N(C=O)/C=C(/CC(N)=O)C(=O)NC)O1.